The van der Waals surface area contributed by atoms with Gasteiger partial charge in [0.15, 0.2) is 4.80 Å². The largest absolute Gasteiger partial charge is 0.463 e. The van der Waals surface area contributed by atoms with Crippen LogP contribution in [0.15, 0.2) is 92.2 Å². The van der Waals surface area contributed by atoms with Gasteiger partial charge in [0.05, 0.1) is 33.4 Å². The number of furan rings is 1. The van der Waals surface area contributed by atoms with Gasteiger partial charge in [-0.25, -0.2) is 9.79 Å². The van der Waals surface area contributed by atoms with Crippen LogP contribution in [0.3, 0.4) is 0 Å². The first-order valence-corrected chi connectivity index (χ1v) is 12.3. The first-order chi connectivity index (χ1) is 17.9. The van der Waals surface area contributed by atoms with Crippen molar-refractivity contribution in [1.82, 2.24) is 4.57 Å². The lowest BCUT2D eigenvalue weighted by molar-refractivity contribution is -0.384. The smallest absolute Gasteiger partial charge is 0.338 e. The summed E-state index contributed by atoms with van der Waals surface area (Å²) in [4.78, 5) is 42.2. The van der Waals surface area contributed by atoms with Gasteiger partial charge in [-0.2, -0.15) is 0 Å². The van der Waals surface area contributed by atoms with Gasteiger partial charge in [0, 0.05) is 23.8 Å². The Balaban J connectivity index is 1.61. The number of thiazole rings is 1. The molecule has 0 spiro atoms. The van der Waals surface area contributed by atoms with Crippen molar-refractivity contribution < 1.29 is 18.9 Å². The molecule has 186 valence electrons. The van der Waals surface area contributed by atoms with Gasteiger partial charge in [0.1, 0.15) is 11.5 Å². The molecule has 0 bridgehead atoms. The number of esters is 1. The molecule has 1 atom stereocenters. The van der Waals surface area contributed by atoms with Gasteiger partial charge in [-0.3, -0.25) is 19.5 Å². The number of carbonyl (C=O) groups excluding carboxylic acids is 1. The Labute approximate surface area is 214 Å². The number of fused-ring (bicyclic) bond motifs is 1. The molecule has 0 unspecified atom stereocenters. The predicted octanol–water partition coefficient (Wildman–Crippen LogP) is 3.97. The molecule has 0 saturated heterocycles. The van der Waals surface area contributed by atoms with E-state index in [1.165, 1.54) is 28.0 Å². The van der Waals surface area contributed by atoms with Crippen LogP contribution in [0.4, 0.5) is 5.69 Å². The van der Waals surface area contributed by atoms with Crippen LogP contribution in [0.2, 0.25) is 0 Å². The number of ether oxygens (including phenoxy) is 1. The zero-order valence-electron chi connectivity index (χ0n) is 19.9. The second-order valence-electron chi connectivity index (χ2n) is 8.22. The molecule has 3 heterocycles. The monoisotopic (exact) mass is 515 g/mol. The third-order valence-electron chi connectivity index (χ3n) is 5.87. The summed E-state index contributed by atoms with van der Waals surface area (Å²) in [5, 5.41) is 11.1. The molecular weight excluding hydrogens is 494 g/mol. The number of allylic oxidation sites excluding steroid dienone is 1. The second kappa shape index (κ2) is 9.82. The van der Waals surface area contributed by atoms with Crippen LogP contribution in [0.1, 0.15) is 31.2 Å². The molecule has 2 aromatic heterocycles. The number of nitro benzene ring substituents is 1. The van der Waals surface area contributed by atoms with Crippen LogP contribution in [0.5, 0.6) is 0 Å². The fourth-order valence-corrected chi connectivity index (χ4v) is 5.26. The Kier molecular flexibility index (Phi) is 6.41. The van der Waals surface area contributed by atoms with Crippen LogP contribution < -0.4 is 14.9 Å². The van der Waals surface area contributed by atoms with E-state index in [9.17, 15) is 19.7 Å². The molecule has 9 nitrogen and oxygen atoms in total. The highest BCUT2D eigenvalue weighted by molar-refractivity contribution is 7.07. The van der Waals surface area contributed by atoms with Crippen LogP contribution in [-0.2, 0) is 9.53 Å². The number of aromatic nitrogens is 1. The summed E-state index contributed by atoms with van der Waals surface area (Å²) in [5.74, 6) is 0.328. The van der Waals surface area contributed by atoms with Crippen LogP contribution in [0, 0.1) is 10.1 Å². The molecule has 0 N–H and O–H groups in total. The molecule has 4 aromatic rings. The average molecular weight is 516 g/mol. The number of carbonyl (C=O) groups is 1. The highest BCUT2D eigenvalue weighted by Gasteiger charge is 2.33. The zero-order valence-corrected chi connectivity index (χ0v) is 20.7. The minimum atomic E-state index is -0.685. The van der Waals surface area contributed by atoms with E-state index in [-0.39, 0.29) is 17.9 Å². The van der Waals surface area contributed by atoms with E-state index >= 15 is 0 Å². The number of non-ortho nitro benzene ring substituents is 1. The van der Waals surface area contributed by atoms with Crippen molar-refractivity contribution in [3.63, 3.8) is 0 Å². The summed E-state index contributed by atoms with van der Waals surface area (Å²) >= 11 is 1.19. The summed E-state index contributed by atoms with van der Waals surface area (Å²) in [6.45, 7) is 3.66. The number of nitrogens with zero attached hydrogens (tertiary/aromatic N) is 3. The maximum atomic E-state index is 13.6. The van der Waals surface area contributed by atoms with Crippen molar-refractivity contribution in [1.29, 1.82) is 0 Å². The lowest BCUT2D eigenvalue weighted by Gasteiger charge is -2.24. The number of hydrogen-bond donors (Lipinski definition) is 0. The Morgan fingerprint density at radius 2 is 1.97 bits per heavy atom. The lowest BCUT2D eigenvalue weighted by Crippen LogP contribution is -2.39. The minimum absolute atomic E-state index is 0.0440. The summed E-state index contributed by atoms with van der Waals surface area (Å²) in [6.07, 6.45) is 1.61. The Bertz CT molecular complexity index is 1730. The fraction of sp³-hybridized carbons (Fsp3) is 0.148. The molecular formula is C27H21N3O6S. The van der Waals surface area contributed by atoms with E-state index in [1.807, 2.05) is 30.3 Å². The van der Waals surface area contributed by atoms with Crippen LogP contribution in [-0.4, -0.2) is 22.1 Å². The predicted molar refractivity (Wildman–Crippen MR) is 138 cm³/mol. The van der Waals surface area contributed by atoms with Crippen molar-refractivity contribution in [2.75, 3.05) is 6.61 Å². The lowest BCUT2D eigenvalue weighted by atomic mass is 9.96. The van der Waals surface area contributed by atoms with Gasteiger partial charge in [-0.05, 0) is 31.5 Å². The van der Waals surface area contributed by atoms with Crippen molar-refractivity contribution >= 4 is 29.1 Å². The van der Waals surface area contributed by atoms with Crippen molar-refractivity contribution in [3.8, 4) is 11.3 Å². The average Bonchev–Trinajstić information content (AvgIpc) is 3.48. The molecule has 0 aliphatic carbocycles. The molecule has 1 aliphatic heterocycles. The summed E-state index contributed by atoms with van der Waals surface area (Å²) in [6, 6.07) is 18.1. The van der Waals surface area contributed by atoms with Gasteiger partial charge in [-0.1, -0.05) is 53.8 Å². The second-order valence-corrected chi connectivity index (χ2v) is 9.23. The number of benzene rings is 2. The summed E-state index contributed by atoms with van der Waals surface area (Å²) in [7, 11) is 0. The molecule has 37 heavy (non-hydrogen) atoms. The third kappa shape index (κ3) is 4.54. The van der Waals surface area contributed by atoms with E-state index in [2.05, 4.69) is 4.99 Å². The fourth-order valence-electron chi connectivity index (χ4n) is 4.23. The van der Waals surface area contributed by atoms with Gasteiger partial charge in [-0.15, -0.1) is 0 Å². The standard InChI is InChI=1S/C27H21N3O6S/c1-3-35-26(32)23-16(2)28-27-29(24(23)17-8-5-4-6-9-17)25(31)22(37-27)15-20-12-13-21(36-20)18-10-7-11-19(14-18)30(33)34/h4-15,24H,3H2,1-2H3/b22-15-/t24-/m0/s1. The van der Waals surface area contributed by atoms with E-state index in [4.69, 9.17) is 9.15 Å². The molecule has 1 aliphatic rings. The van der Waals surface area contributed by atoms with Crippen molar-refractivity contribution in [3.05, 3.63) is 119 Å². The van der Waals surface area contributed by atoms with Crippen LogP contribution >= 0.6 is 11.3 Å². The normalized spacial score (nSPS) is 15.3. The molecule has 0 fully saturated rings. The third-order valence-corrected chi connectivity index (χ3v) is 6.86. The molecule has 0 radical (unpaired) electrons. The Morgan fingerprint density at radius 3 is 2.70 bits per heavy atom. The zero-order chi connectivity index (χ0) is 26.1. The van der Waals surface area contributed by atoms with E-state index < -0.39 is 16.9 Å². The SMILES string of the molecule is CCOC(=O)C1=C(C)N=c2s/c(=C\c3ccc(-c4cccc([N+](=O)[O-])c4)o3)c(=O)n2[C@H]1c1ccccc1. The highest BCUT2D eigenvalue weighted by Crippen LogP contribution is 2.30. The van der Waals surface area contributed by atoms with Gasteiger partial charge in [0.25, 0.3) is 11.2 Å². The maximum Gasteiger partial charge on any atom is 0.338 e. The van der Waals surface area contributed by atoms with Gasteiger partial charge in [0.2, 0.25) is 0 Å². The van der Waals surface area contributed by atoms with E-state index in [1.54, 1.807) is 44.2 Å². The van der Waals surface area contributed by atoms with Gasteiger partial charge >= 0.3 is 5.97 Å². The van der Waals surface area contributed by atoms with E-state index in [0.717, 1.165) is 5.56 Å². The van der Waals surface area contributed by atoms with Crippen molar-refractivity contribution in [2.24, 2.45) is 4.99 Å². The molecule has 5 rings (SSSR count). The highest BCUT2D eigenvalue weighted by atomic mass is 32.1. The summed E-state index contributed by atoms with van der Waals surface area (Å²) in [5.41, 5.74) is 1.76. The maximum absolute atomic E-state index is 13.6. The topological polar surface area (TPSA) is 117 Å². The molecule has 10 heteroatoms. The first-order valence-electron chi connectivity index (χ1n) is 11.5. The number of nitro groups is 1. The van der Waals surface area contributed by atoms with E-state index in [0.29, 0.717) is 37.7 Å². The summed E-state index contributed by atoms with van der Waals surface area (Å²) < 4.78 is 13.1. The molecule has 0 amide bonds. The minimum Gasteiger partial charge on any atom is -0.463 e. The van der Waals surface area contributed by atoms with Gasteiger partial charge < -0.3 is 9.15 Å². The molecule has 0 saturated carbocycles. The molecule has 2 aromatic carbocycles. The number of rotatable bonds is 6. The first kappa shape index (κ1) is 24.1. The van der Waals surface area contributed by atoms with Crippen LogP contribution in [0.25, 0.3) is 17.4 Å². The Morgan fingerprint density at radius 1 is 1.19 bits per heavy atom. The number of hydrogen-bond acceptors (Lipinski definition) is 8. The quantitative estimate of drug-likeness (QED) is 0.218. The van der Waals surface area contributed by atoms with Crippen molar-refractivity contribution in [2.45, 2.75) is 19.9 Å². The Hall–Kier alpha value is -4.57.